The summed E-state index contributed by atoms with van der Waals surface area (Å²) in [5.74, 6) is 1.33. The van der Waals surface area contributed by atoms with Gasteiger partial charge in [0.2, 0.25) is 5.95 Å². The van der Waals surface area contributed by atoms with Crippen molar-refractivity contribution in [2.45, 2.75) is 25.4 Å². The maximum atomic E-state index is 13.3. The van der Waals surface area contributed by atoms with Gasteiger partial charge in [0.1, 0.15) is 17.9 Å². The van der Waals surface area contributed by atoms with Crippen LogP contribution in [0.2, 0.25) is 0 Å². The highest BCUT2D eigenvalue weighted by molar-refractivity contribution is 5.42. The number of hydrogen-bond acceptors (Lipinski definition) is 4. The smallest absolute Gasteiger partial charge is 0.222 e. The van der Waals surface area contributed by atoms with E-state index in [2.05, 4.69) is 21.5 Å². The number of hydrogen-bond donors (Lipinski definition) is 1. The van der Waals surface area contributed by atoms with Gasteiger partial charge in [0, 0.05) is 5.56 Å². The van der Waals surface area contributed by atoms with Crippen LogP contribution in [0, 0.1) is 5.82 Å². The van der Waals surface area contributed by atoms with E-state index in [1.165, 1.54) is 12.1 Å². The van der Waals surface area contributed by atoms with Gasteiger partial charge in [-0.15, -0.1) is 0 Å². The third kappa shape index (κ3) is 2.95. The van der Waals surface area contributed by atoms with Gasteiger partial charge < -0.3 is 10.1 Å². The summed E-state index contributed by atoms with van der Waals surface area (Å²) >= 11 is 0. The molecule has 2 unspecified atom stereocenters. The van der Waals surface area contributed by atoms with E-state index in [9.17, 15) is 4.39 Å². The zero-order valence-electron chi connectivity index (χ0n) is 13.9. The summed E-state index contributed by atoms with van der Waals surface area (Å²) in [4.78, 5) is 4.33. The maximum absolute atomic E-state index is 13.3. The number of rotatable bonds is 4. The Bertz CT molecular complexity index is 862. The highest BCUT2D eigenvalue weighted by Crippen LogP contribution is 2.40. The Balaban J connectivity index is 1.74. The number of para-hydroxylation sites is 1. The van der Waals surface area contributed by atoms with Gasteiger partial charge in [-0.3, -0.25) is 0 Å². The predicted molar refractivity (Wildman–Crippen MR) is 93.2 cm³/mol. The minimum absolute atomic E-state index is 0.00319. The molecule has 3 aromatic rings. The number of ether oxygens (including phenoxy) is 1. The van der Waals surface area contributed by atoms with Crippen LogP contribution in [-0.2, 0) is 0 Å². The molecular weight excluding hydrogens is 319 g/mol. The van der Waals surface area contributed by atoms with Crippen molar-refractivity contribution < 1.29 is 9.13 Å². The molecule has 1 N–H and O–H groups in total. The highest BCUT2D eigenvalue weighted by atomic mass is 19.1. The van der Waals surface area contributed by atoms with Crippen LogP contribution in [0.4, 0.5) is 10.3 Å². The van der Waals surface area contributed by atoms with Crippen molar-refractivity contribution in [3.63, 3.8) is 0 Å². The molecule has 0 amide bonds. The normalized spacial score (nSPS) is 19.1. The molecule has 1 aromatic heterocycles. The minimum atomic E-state index is -0.235. The Hall–Kier alpha value is -2.89. The zero-order chi connectivity index (χ0) is 17.2. The average Bonchev–Trinajstić information content (AvgIpc) is 3.11. The molecule has 4 rings (SSSR count). The summed E-state index contributed by atoms with van der Waals surface area (Å²) in [5.41, 5.74) is 2.10. The van der Waals surface area contributed by atoms with E-state index >= 15 is 0 Å². The van der Waals surface area contributed by atoms with Crippen molar-refractivity contribution in [1.82, 2.24) is 14.8 Å². The van der Waals surface area contributed by atoms with Gasteiger partial charge in [0.15, 0.2) is 0 Å². The van der Waals surface area contributed by atoms with Crippen molar-refractivity contribution in [3.05, 3.63) is 71.8 Å². The van der Waals surface area contributed by atoms with Crippen molar-refractivity contribution >= 4 is 5.95 Å². The fraction of sp³-hybridized carbons (Fsp3) is 0.263. The fourth-order valence-electron chi connectivity index (χ4n) is 3.34. The lowest BCUT2D eigenvalue weighted by atomic mass is 9.93. The van der Waals surface area contributed by atoms with E-state index in [1.807, 2.05) is 41.9 Å². The summed E-state index contributed by atoms with van der Waals surface area (Å²) in [7, 11) is 0. The maximum Gasteiger partial charge on any atom is 0.222 e. The van der Waals surface area contributed by atoms with Gasteiger partial charge in [0.05, 0.1) is 18.7 Å². The van der Waals surface area contributed by atoms with E-state index in [4.69, 9.17) is 4.74 Å². The molecule has 0 saturated heterocycles. The molecule has 2 aromatic carbocycles. The van der Waals surface area contributed by atoms with Crippen LogP contribution in [-0.4, -0.2) is 21.4 Å². The Labute approximate surface area is 145 Å². The summed E-state index contributed by atoms with van der Waals surface area (Å²) < 4.78 is 21.0. The molecule has 2 heterocycles. The van der Waals surface area contributed by atoms with Crippen LogP contribution in [0.25, 0.3) is 0 Å². The standard InChI is InChI=1S/C19H19FN4O/c1-2-25-18-6-4-3-5-15(18)17-11-16(13-7-9-14(20)10-8-13)23-19-21-12-22-24(17)19/h3-10,12,16-17H,2,11H2,1H3,(H,21,22,23). The second-order valence-corrected chi connectivity index (χ2v) is 6.00. The van der Waals surface area contributed by atoms with Crippen LogP contribution < -0.4 is 10.1 Å². The quantitative estimate of drug-likeness (QED) is 0.782. The topological polar surface area (TPSA) is 52.0 Å². The summed E-state index contributed by atoms with van der Waals surface area (Å²) in [5, 5.41) is 7.78. The zero-order valence-corrected chi connectivity index (χ0v) is 13.9. The first-order valence-electron chi connectivity index (χ1n) is 8.39. The van der Waals surface area contributed by atoms with Crippen LogP contribution in [0.1, 0.15) is 36.6 Å². The summed E-state index contributed by atoms with van der Waals surface area (Å²) in [6.45, 7) is 2.58. The van der Waals surface area contributed by atoms with Crippen molar-refractivity contribution in [2.24, 2.45) is 0 Å². The lowest BCUT2D eigenvalue weighted by Crippen LogP contribution is -2.28. The fourth-order valence-corrected chi connectivity index (χ4v) is 3.34. The number of fused-ring (bicyclic) bond motifs is 1. The van der Waals surface area contributed by atoms with Gasteiger partial charge in [-0.25, -0.2) is 9.07 Å². The minimum Gasteiger partial charge on any atom is -0.494 e. The third-order valence-electron chi connectivity index (χ3n) is 4.48. The Morgan fingerprint density at radius 2 is 2.00 bits per heavy atom. The molecule has 1 aliphatic rings. The number of aromatic nitrogens is 3. The Morgan fingerprint density at radius 3 is 2.80 bits per heavy atom. The molecule has 128 valence electrons. The molecule has 6 heteroatoms. The lowest BCUT2D eigenvalue weighted by Gasteiger charge is -2.32. The third-order valence-corrected chi connectivity index (χ3v) is 4.48. The van der Waals surface area contributed by atoms with E-state index in [0.717, 1.165) is 23.3 Å². The van der Waals surface area contributed by atoms with Crippen LogP contribution in [0.5, 0.6) is 5.75 Å². The lowest BCUT2D eigenvalue weighted by molar-refractivity contribution is 0.325. The molecule has 0 saturated carbocycles. The molecule has 5 nitrogen and oxygen atoms in total. The Morgan fingerprint density at radius 1 is 1.20 bits per heavy atom. The van der Waals surface area contributed by atoms with Gasteiger partial charge >= 0.3 is 0 Å². The van der Waals surface area contributed by atoms with E-state index in [0.29, 0.717) is 12.6 Å². The molecule has 0 radical (unpaired) electrons. The van der Waals surface area contributed by atoms with Crippen molar-refractivity contribution in [2.75, 3.05) is 11.9 Å². The molecule has 25 heavy (non-hydrogen) atoms. The number of nitrogens with zero attached hydrogens (tertiary/aromatic N) is 3. The largest absolute Gasteiger partial charge is 0.494 e. The van der Waals surface area contributed by atoms with E-state index in [1.54, 1.807) is 6.33 Å². The number of nitrogens with one attached hydrogen (secondary N) is 1. The molecule has 0 aliphatic carbocycles. The van der Waals surface area contributed by atoms with E-state index < -0.39 is 0 Å². The van der Waals surface area contributed by atoms with Gasteiger partial charge in [-0.2, -0.15) is 10.1 Å². The first kappa shape index (κ1) is 15.6. The van der Waals surface area contributed by atoms with Crippen LogP contribution in [0.15, 0.2) is 54.9 Å². The summed E-state index contributed by atoms with van der Waals surface area (Å²) in [6, 6.07) is 14.6. The number of halogens is 1. The SMILES string of the molecule is CCOc1ccccc1C1CC(c2ccc(F)cc2)Nc2ncnn21. The first-order valence-corrected chi connectivity index (χ1v) is 8.39. The van der Waals surface area contributed by atoms with E-state index in [-0.39, 0.29) is 17.9 Å². The number of benzene rings is 2. The molecule has 2 atom stereocenters. The second-order valence-electron chi connectivity index (χ2n) is 6.00. The molecule has 0 bridgehead atoms. The molecular formula is C19H19FN4O. The first-order chi connectivity index (χ1) is 12.3. The second kappa shape index (κ2) is 6.55. The average molecular weight is 338 g/mol. The van der Waals surface area contributed by atoms with Gasteiger partial charge in [0.25, 0.3) is 0 Å². The monoisotopic (exact) mass is 338 g/mol. The molecule has 0 fully saturated rings. The van der Waals surface area contributed by atoms with Crippen LogP contribution in [0.3, 0.4) is 0 Å². The van der Waals surface area contributed by atoms with Crippen molar-refractivity contribution in [1.29, 1.82) is 0 Å². The van der Waals surface area contributed by atoms with Gasteiger partial charge in [-0.05, 0) is 37.1 Å². The highest BCUT2D eigenvalue weighted by Gasteiger charge is 2.31. The molecule has 0 spiro atoms. The van der Waals surface area contributed by atoms with Crippen molar-refractivity contribution in [3.8, 4) is 5.75 Å². The predicted octanol–water partition coefficient (Wildman–Crippen LogP) is 3.96. The number of anilines is 1. The van der Waals surface area contributed by atoms with Gasteiger partial charge in [-0.1, -0.05) is 30.3 Å². The van der Waals surface area contributed by atoms with Crippen LogP contribution >= 0.6 is 0 Å². The summed E-state index contributed by atoms with van der Waals surface area (Å²) in [6.07, 6.45) is 2.32. The molecule has 1 aliphatic heterocycles. The Kier molecular flexibility index (Phi) is 4.09.